The maximum Gasteiger partial charge on any atom is 0.407 e. The number of hydrogen-bond acceptors (Lipinski definition) is 4. The van der Waals surface area contributed by atoms with Crippen LogP contribution in [0.3, 0.4) is 0 Å². The number of hydrogen-bond donors (Lipinski definition) is 3. The Bertz CT molecular complexity index is 989. The summed E-state index contributed by atoms with van der Waals surface area (Å²) in [5, 5.41) is 21.1. The van der Waals surface area contributed by atoms with Gasteiger partial charge in [-0.1, -0.05) is 48.5 Å². The Morgan fingerprint density at radius 3 is 2.06 bits per heavy atom. The van der Waals surface area contributed by atoms with Gasteiger partial charge in [0.15, 0.2) is 0 Å². The van der Waals surface area contributed by atoms with E-state index in [-0.39, 0.29) is 37.7 Å². The van der Waals surface area contributed by atoms with E-state index in [4.69, 9.17) is 14.9 Å². The van der Waals surface area contributed by atoms with Crippen molar-refractivity contribution in [2.75, 3.05) is 6.61 Å². The van der Waals surface area contributed by atoms with Crippen molar-refractivity contribution >= 4 is 18.0 Å². The van der Waals surface area contributed by atoms with Gasteiger partial charge in [0.1, 0.15) is 6.61 Å². The molecule has 7 heteroatoms. The average Bonchev–Trinajstić information content (AvgIpc) is 3.08. The Morgan fingerprint density at radius 2 is 1.53 bits per heavy atom. The number of carbonyl (C=O) groups excluding carboxylic acids is 1. The summed E-state index contributed by atoms with van der Waals surface area (Å²) in [5.74, 6) is -1.97. The van der Waals surface area contributed by atoms with Crippen LogP contribution in [0.2, 0.25) is 0 Å². The largest absolute Gasteiger partial charge is 0.481 e. The second kappa shape index (κ2) is 9.02. The van der Waals surface area contributed by atoms with Crippen LogP contribution in [0.5, 0.6) is 0 Å². The summed E-state index contributed by atoms with van der Waals surface area (Å²) >= 11 is 0. The highest BCUT2D eigenvalue weighted by Crippen LogP contribution is 2.46. The van der Waals surface area contributed by atoms with E-state index in [1.165, 1.54) is 0 Å². The van der Waals surface area contributed by atoms with Crippen molar-refractivity contribution in [1.82, 2.24) is 5.32 Å². The first-order valence-corrected chi connectivity index (χ1v) is 11.0. The van der Waals surface area contributed by atoms with E-state index < -0.39 is 23.6 Å². The minimum absolute atomic E-state index is 0.00808. The topological polar surface area (TPSA) is 113 Å². The Balaban J connectivity index is 1.44. The van der Waals surface area contributed by atoms with E-state index in [1.807, 2.05) is 36.4 Å². The molecule has 0 saturated heterocycles. The van der Waals surface area contributed by atoms with Crippen LogP contribution in [0, 0.1) is 5.92 Å². The Hall–Kier alpha value is -3.35. The summed E-state index contributed by atoms with van der Waals surface area (Å²) in [4.78, 5) is 34.9. The van der Waals surface area contributed by atoms with Crippen LogP contribution in [-0.4, -0.2) is 40.4 Å². The molecule has 3 N–H and O–H groups in total. The van der Waals surface area contributed by atoms with Gasteiger partial charge < -0.3 is 20.3 Å². The molecule has 4 rings (SSSR count). The van der Waals surface area contributed by atoms with E-state index in [0.717, 1.165) is 28.7 Å². The molecular weight excluding hydrogens is 410 g/mol. The monoisotopic (exact) mass is 437 g/mol. The Morgan fingerprint density at radius 1 is 0.938 bits per heavy atom. The van der Waals surface area contributed by atoms with E-state index in [0.29, 0.717) is 12.8 Å². The van der Waals surface area contributed by atoms with Gasteiger partial charge in [0.25, 0.3) is 0 Å². The molecule has 2 aromatic rings. The summed E-state index contributed by atoms with van der Waals surface area (Å²) in [7, 11) is 0. The van der Waals surface area contributed by atoms with E-state index in [1.54, 1.807) is 0 Å². The van der Waals surface area contributed by atoms with Crippen molar-refractivity contribution in [1.29, 1.82) is 0 Å². The molecule has 168 valence electrons. The van der Waals surface area contributed by atoms with Crippen LogP contribution in [0.15, 0.2) is 48.5 Å². The normalized spacial score (nSPS) is 21.2. The molecular formula is C25H27NO6. The Kier molecular flexibility index (Phi) is 6.17. The van der Waals surface area contributed by atoms with Gasteiger partial charge in [0, 0.05) is 24.3 Å². The van der Waals surface area contributed by atoms with Gasteiger partial charge in [-0.15, -0.1) is 0 Å². The summed E-state index contributed by atoms with van der Waals surface area (Å²) in [6, 6.07) is 16.2. The van der Waals surface area contributed by atoms with Crippen molar-refractivity contribution in [2.45, 2.75) is 50.0 Å². The third kappa shape index (κ3) is 4.33. The number of amides is 1. The lowest BCUT2D eigenvalue weighted by molar-refractivity contribution is -0.139. The number of nitrogens with one attached hydrogen (secondary N) is 1. The molecule has 1 fully saturated rings. The minimum Gasteiger partial charge on any atom is -0.481 e. The number of rotatable bonds is 9. The van der Waals surface area contributed by atoms with Crippen LogP contribution in [0.1, 0.15) is 55.6 Å². The number of carboxylic acids is 2. The molecule has 2 aliphatic carbocycles. The maximum atomic E-state index is 12.8. The maximum absolute atomic E-state index is 12.8. The van der Waals surface area contributed by atoms with Crippen LogP contribution >= 0.6 is 0 Å². The number of aliphatic carboxylic acids is 2. The van der Waals surface area contributed by atoms with Gasteiger partial charge >= 0.3 is 18.0 Å². The highest BCUT2D eigenvalue weighted by atomic mass is 16.5. The third-order valence-electron chi connectivity index (χ3n) is 6.91. The van der Waals surface area contributed by atoms with Gasteiger partial charge in [0.05, 0.1) is 0 Å². The molecule has 1 amide bonds. The molecule has 0 bridgehead atoms. The number of carboxylic acid groups (broad SMARTS) is 2. The van der Waals surface area contributed by atoms with Crippen molar-refractivity contribution in [3.8, 4) is 11.1 Å². The number of alkyl carbamates (subject to hydrolysis) is 1. The first kappa shape index (κ1) is 21.9. The van der Waals surface area contributed by atoms with Gasteiger partial charge in [-0.05, 0) is 53.9 Å². The molecule has 7 nitrogen and oxygen atoms in total. The zero-order chi connectivity index (χ0) is 22.7. The van der Waals surface area contributed by atoms with Crippen LogP contribution in [-0.2, 0) is 14.3 Å². The molecule has 1 saturated carbocycles. The molecule has 0 aliphatic heterocycles. The van der Waals surface area contributed by atoms with E-state index in [2.05, 4.69) is 17.4 Å². The summed E-state index contributed by atoms with van der Waals surface area (Å²) in [6.07, 6.45) is 1.36. The fraction of sp³-hybridized carbons (Fsp3) is 0.400. The highest BCUT2D eigenvalue weighted by molar-refractivity contribution is 5.79. The molecule has 2 aromatic carbocycles. The summed E-state index contributed by atoms with van der Waals surface area (Å²) < 4.78 is 5.64. The lowest BCUT2D eigenvalue weighted by Gasteiger charge is -2.50. The quantitative estimate of drug-likeness (QED) is 0.536. The summed E-state index contributed by atoms with van der Waals surface area (Å²) in [5.41, 5.74) is 3.79. The Labute approximate surface area is 186 Å². The molecule has 2 atom stereocenters. The van der Waals surface area contributed by atoms with Gasteiger partial charge in [0.2, 0.25) is 0 Å². The number of carbonyl (C=O) groups is 3. The minimum atomic E-state index is -0.942. The predicted octanol–water partition coefficient (Wildman–Crippen LogP) is 4.40. The van der Waals surface area contributed by atoms with Crippen LogP contribution < -0.4 is 5.32 Å². The molecule has 0 unspecified atom stereocenters. The molecule has 0 aromatic heterocycles. The fourth-order valence-electron chi connectivity index (χ4n) is 5.14. The second-order valence-corrected chi connectivity index (χ2v) is 8.67. The van der Waals surface area contributed by atoms with Gasteiger partial charge in [-0.2, -0.15) is 0 Å². The molecule has 32 heavy (non-hydrogen) atoms. The standard InChI is InChI=1S/C25H27NO6/c27-22(28)10-9-16-11-13-25(16,14-12-23(29)30)26-24(31)32-15-21-19-7-3-1-5-17(19)18-6-2-4-8-20(18)21/h1-8,16,21H,9-15H2,(H,26,31)(H,27,28)(H,29,30)/t16-,25+/m0/s1. The lowest BCUT2D eigenvalue weighted by atomic mass is 9.62. The van der Waals surface area contributed by atoms with E-state index in [9.17, 15) is 14.4 Å². The molecule has 0 radical (unpaired) electrons. The first-order chi connectivity index (χ1) is 15.4. The van der Waals surface area contributed by atoms with Crippen LogP contribution in [0.4, 0.5) is 4.79 Å². The zero-order valence-corrected chi connectivity index (χ0v) is 17.8. The number of fused-ring (bicyclic) bond motifs is 3. The van der Waals surface area contributed by atoms with Crippen molar-refractivity contribution in [3.05, 3.63) is 59.7 Å². The third-order valence-corrected chi connectivity index (χ3v) is 6.91. The predicted molar refractivity (Wildman–Crippen MR) is 117 cm³/mol. The number of benzene rings is 2. The molecule has 0 spiro atoms. The zero-order valence-electron chi connectivity index (χ0n) is 17.8. The van der Waals surface area contributed by atoms with Gasteiger partial charge in [-0.25, -0.2) is 4.79 Å². The van der Waals surface area contributed by atoms with Crippen molar-refractivity contribution in [2.24, 2.45) is 5.92 Å². The first-order valence-electron chi connectivity index (χ1n) is 11.0. The second-order valence-electron chi connectivity index (χ2n) is 8.67. The van der Waals surface area contributed by atoms with Crippen LogP contribution in [0.25, 0.3) is 11.1 Å². The van der Waals surface area contributed by atoms with Gasteiger partial charge in [-0.3, -0.25) is 9.59 Å². The van der Waals surface area contributed by atoms with E-state index >= 15 is 0 Å². The lowest BCUT2D eigenvalue weighted by Crippen LogP contribution is -2.60. The average molecular weight is 437 g/mol. The van der Waals surface area contributed by atoms with Crippen molar-refractivity contribution < 1.29 is 29.3 Å². The SMILES string of the molecule is O=C(O)CC[C@H]1CC[C@]1(CCC(=O)O)NC(=O)OCC1c2ccccc2-c2ccccc21. The fourth-order valence-corrected chi connectivity index (χ4v) is 5.14. The van der Waals surface area contributed by atoms with Crippen molar-refractivity contribution in [3.63, 3.8) is 0 Å². The molecule has 0 heterocycles. The molecule has 2 aliphatic rings. The number of ether oxygens (including phenoxy) is 1. The summed E-state index contributed by atoms with van der Waals surface area (Å²) in [6.45, 7) is 0.175. The highest BCUT2D eigenvalue weighted by Gasteiger charge is 2.48. The smallest absolute Gasteiger partial charge is 0.407 e.